The number of benzene rings is 2. The van der Waals surface area contributed by atoms with E-state index in [1.165, 1.54) is 35.5 Å². The molecule has 0 aliphatic rings. The fourth-order valence-corrected chi connectivity index (χ4v) is 3.45. The van der Waals surface area contributed by atoms with Gasteiger partial charge in [-0.2, -0.15) is 0 Å². The Morgan fingerprint density at radius 1 is 1.07 bits per heavy atom. The van der Waals surface area contributed by atoms with E-state index in [4.69, 9.17) is 4.74 Å². The number of rotatable bonds is 6. The number of nitrogens with zero attached hydrogens (tertiary/aromatic N) is 1. The zero-order chi connectivity index (χ0) is 19.4. The number of carbonyl (C=O) groups is 2. The Kier molecular flexibility index (Phi) is 5.66. The van der Waals surface area contributed by atoms with E-state index < -0.39 is 5.82 Å². The molecule has 0 aliphatic carbocycles. The van der Waals surface area contributed by atoms with Gasteiger partial charge in [-0.1, -0.05) is 30.3 Å². The zero-order valence-electron chi connectivity index (χ0n) is 14.9. The first-order valence-corrected chi connectivity index (χ1v) is 9.14. The molecule has 3 aromatic rings. The summed E-state index contributed by atoms with van der Waals surface area (Å²) in [5.74, 6) is -0.812. The number of ketones is 1. The molecule has 0 unspecified atom stereocenters. The van der Waals surface area contributed by atoms with E-state index in [2.05, 4.69) is 0 Å². The first-order valence-electron chi connectivity index (χ1n) is 8.26. The van der Waals surface area contributed by atoms with Gasteiger partial charge in [0.15, 0.2) is 11.6 Å². The minimum Gasteiger partial charge on any atom is -0.494 e. The summed E-state index contributed by atoms with van der Waals surface area (Å²) in [6.07, 6.45) is 0. The summed E-state index contributed by atoms with van der Waals surface area (Å²) in [4.78, 5) is 27.7. The number of halogens is 1. The van der Waals surface area contributed by atoms with Crippen molar-refractivity contribution in [2.75, 3.05) is 14.2 Å². The third-order valence-corrected chi connectivity index (χ3v) is 5.00. The average molecular weight is 383 g/mol. The van der Waals surface area contributed by atoms with Crippen LogP contribution < -0.4 is 4.74 Å². The van der Waals surface area contributed by atoms with Crippen molar-refractivity contribution in [1.82, 2.24) is 4.90 Å². The van der Waals surface area contributed by atoms with Crippen LogP contribution in [0.15, 0.2) is 60.0 Å². The van der Waals surface area contributed by atoms with E-state index in [1.807, 2.05) is 5.38 Å². The molecule has 0 bridgehead atoms. The number of thiophene rings is 1. The maximum absolute atomic E-state index is 13.9. The van der Waals surface area contributed by atoms with Gasteiger partial charge in [-0.15, -0.1) is 11.3 Å². The molecule has 0 saturated carbocycles. The van der Waals surface area contributed by atoms with E-state index in [9.17, 15) is 14.0 Å². The van der Waals surface area contributed by atoms with Gasteiger partial charge < -0.3 is 9.64 Å². The van der Waals surface area contributed by atoms with Gasteiger partial charge in [0.25, 0.3) is 5.91 Å². The fourth-order valence-electron chi connectivity index (χ4n) is 2.77. The lowest BCUT2D eigenvalue weighted by Gasteiger charge is -2.19. The number of ether oxygens (including phenoxy) is 1. The largest absolute Gasteiger partial charge is 0.494 e. The highest BCUT2D eigenvalue weighted by molar-refractivity contribution is 7.12. The molecule has 3 rings (SSSR count). The lowest BCUT2D eigenvalue weighted by molar-refractivity contribution is 0.0780. The molecule has 4 nitrogen and oxygen atoms in total. The van der Waals surface area contributed by atoms with Gasteiger partial charge in [0.1, 0.15) is 0 Å². The van der Waals surface area contributed by atoms with Crippen molar-refractivity contribution < 1.29 is 18.7 Å². The summed E-state index contributed by atoms with van der Waals surface area (Å²) in [6.45, 7) is 0.210. The number of hydrogen-bond donors (Lipinski definition) is 0. The molecule has 0 aliphatic heterocycles. The lowest BCUT2D eigenvalue weighted by Crippen LogP contribution is -2.28. The van der Waals surface area contributed by atoms with Crippen LogP contribution in [0.4, 0.5) is 4.39 Å². The van der Waals surface area contributed by atoms with Crippen LogP contribution in [0.25, 0.3) is 0 Å². The molecule has 0 fully saturated rings. The first kappa shape index (κ1) is 18.8. The Balaban J connectivity index is 1.83. The van der Waals surface area contributed by atoms with Crippen LogP contribution in [0, 0.1) is 5.82 Å². The number of methoxy groups -OCH3 is 1. The second-order valence-electron chi connectivity index (χ2n) is 5.98. The van der Waals surface area contributed by atoms with Crippen LogP contribution in [0.1, 0.15) is 31.2 Å². The highest BCUT2D eigenvalue weighted by Crippen LogP contribution is 2.21. The molecular formula is C21H18FNO3S. The summed E-state index contributed by atoms with van der Waals surface area (Å²) >= 11 is 1.33. The Hall–Kier alpha value is -2.99. The topological polar surface area (TPSA) is 46.6 Å². The standard InChI is InChI=1S/C21H18FNO3S/c1-23(13-14-9-10-18(26-2)17(22)12-14)21(25)16-7-4-3-6-15(16)20(24)19-8-5-11-27-19/h3-12H,13H2,1-2H3. The van der Waals surface area contributed by atoms with Crippen LogP contribution in [0.3, 0.4) is 0 Å². The van der Waals surface area contributed by atoms with Gasteiger partial charge in [-0.25, -0.2) is 4.39 Å². The molecule has 1 aromatic heterocycles. The Bertz CT molecular complexity index is 969. The highest BCUT2D eigenvalue weighted by Gasteiger charge is 2.21. The molecule has 6 heteroatoms. The third kappa shape index (κ3) is 4.06. The smallest absolute Gasteiger partial charge is 0.254 e. The van der Waals surface area contributed by atoms with E-state index in [-0.39, 0.29) is 24.0 Å². The van der Waals surface area contributed by atoms with Gasteiger partial charge >= 0.3 is 0 Å². The van der Waals surface area contributed by atoms with Crippen molar-refractivity contribution in [2.45, 2.75) is 6.54 Å². The van der Waals surface area contributed by atoms with Crippen molar-refractivity contribution in [3.8, 4) is 5.75 Å². The molecule has 0 N–H and O–H groups in total. The summed E-state index contributed by atoms with van der Waals surface area (Å²) in [6, 6.07) is 14.8. The van der Waals surface area contributed by atoms with E-state index in [1.54, 1.807) is 49.5 Å². The molecule has 0 atom stereocenters. The SMILES string of the molecule is COc1ccc(CN(C)C(=O)c2ccccc2C(=O)c2cccs2)cc1F. The Morgan fingerprint density at radius 3 is 2.44 bits per heavy atom. The molecule has 27 heavy (non-hydrogen) atoms. The second kappa shape index (κ2) is 8.14. The van der Waals surface area contributed by atoms with Gasteiger partial charge in [0.05, 0.1) is 17.6 Å². The van der Waals surface area contributed by atoms with Crippen LogP contribution in [0.2, 0.25) is 0 Å². The normalized spacial score (nSPS) is 10.5. The minimum absolute atomic E-state index is 0.152. The van der Waals surface area contributed by atoms with Crippen molar-refractivity contribution in [3.63, 3.8) is 0 Å². The number of carbonyl (C=O) groups excluding carboxylic acids is 2. The molecule has 138 valence electrons. The summed E-state index contributed by atoms with van der Waals surface area (Å²) in [5, 5.41) is 1.82. The monoisotopic (exact) mass is 383 g/mol. The highest BCUT2D eigenvalue weighted by atomic mass is 32.1. The molecule has 1 amide bonds. The maximum atomic E-state index is 13.9. The van der Waals surface area contributed by atoms with Crippen LogP contribution in [0.5, 0.6) is 5.75 Å². The maximum Gasteiger partial charge on any atom is 0.254 e. The Morgan fingerprint density at radius 2 is 1.81 bits per heavy atom. The molecule has 2 aromatic carbocycles. The Labute approximate surface area is 160 Å². The quantitative estimate of drug-likeness (QED) is 0.593. The van der Waals surface area contributed by atoms with Crippen LogP contribution in [-0.4, -0.2) is 30.7 Å². The van der Waals surface area contributed by atoms with Crippen LogP contribution in [-0.2, 0) is 6.54 Å². The molecule has 0 spiro atoms. The fraction of sp³-hybridized carbons (Fsp3) is 0.143. The van der Waals surface area contributed by atoms with Crippen molar-refractivity contribution in [2.24, 2.45) is 0 Å². The minimum atomic E-state index is -0.482. The van der Waals surface area contributed by atoms with Crippen molar-refractivity contribution in [3.05, 3.63) is 87.4 Å². The predicted molar refractivity (Wildman–Crippen MR) is 103 cm³/mol. The van der Waals surface area contributed by atoms with Gasteiger partial charge in [-0.05, 0) is 35.2 Å². The molecule has 0 saturated heterocycles. The van der Waals surface area contributed by atoms with Crippen molar-refractivity contribution in [1.29, 1.82) is 0 Å². The van der Waals surface area contributed by atoms with E-state index in [0.29, 0.717) is 21.6 Å². The van der Waals surface area contributed by atoms with Gasteiger partial charge in [0, 0.05) is 19.2 Å². The third-order valence-electron chi connectivity index (χ3n) is 4.13. The summed E-state index contributed by atoms with van der Waals surface area (Å²) < 4.78 is 18.8. The van der Waals surface area contributed by atoms with Crippen LogP contribution >= 0.6 is 11.3 Å². The van der Waals surface area contributed by atoms with E-state index >= 15 is 0 Å². The molecular weight excluding hydrogens is 365 g/mol. The zero-order valence-corrected chi connectivity index (χ0v) is 15.8. The number of hydrogen-bond acceptors (Lipinski definition) is 4. The van der Waals surface area contributed by atoms with Gasteiger partial charge in [0.2, 0.25) is 5.78 Å². The molecule has 0 radical (unpaired) electrons. The lowest BCUT2D eigenvalue weighted by atomic mass is 10.0. The predicted octanol–water partition coefficient (Wildman–Crippen LogP) is 4.40. The second-order valence-corrected chi connectivity index (χ2v) is 6.93. The number of amides is 1. The van der Waals surface area contributed by atoms with E-state index in [0.717, 1.165) is 0 Å². The molecule has 1 heterocycles. The summed E-state index contributed by atoms with van der Waals surface area (Å²) in [7, 11) is 3.02. The summed E-state index contributed by atoms with van der Waals surface area (Å²) in [5.41, 5.74) is 1.32. The first-order chi connectivity index (χ1) is 13.0. The van der Waals surface area contributed by atoms with Gasteiger partial charge in [-0.3, -0.25) is 9.59 Å². The van der Waals surface area contributed by atoms with Crippen molar-refractivity contribution >= 4 is 23.0 Å². The average Bonchev–Trinajstić information content (AvgIpc) is 3.22.